The van der Waals surface area contributed by atoms with Crippen LogP contribution in [0.25, 0.3) is 0 Å². The number of hydrogen-bond acceptors (Lipinski definition) is 4. The zero-order valence-corrected chi connectivity index (χ0v) is 12.0. The van der Waals surface area contributed by atoms with Gasteiger partial charge in [0.25, 0.3) is 10.0 Å². The first-order valence-corrected chi connectivity index (χ1v) is 7.34. The zero-order chi connectivity index (χ0) is 13.9. The Morgan fingerprint density at radius 3 is 2.61 bits per heavy atom. The molecule has 0 spiro atoms. The number of amides is 1. The van der Waals surface area contributed by atoms with Gasteiger partial charge in [0.15, 0.2) is 0 Å². The predicted octanol–water partition coefficient (Wildman–Crippen LogP) is 1.89. The molecule has 0 aromatic carbocycles. The summed E-state index contributed by atoms with van der Waals surface area (Å²) in [5.74, 6) is -0.925. The first kappa shape index (κ1) is 14.9. The Balaban J connectivity index is 3.04. The molecule has 0 aliphatic rings. The molecule has 7 heteroatoms. The van der Waals surface area contributed by atoms with E-state index in [2.05, 4.69) is 4.98 Å². The molecule has 1 rings (SSSR count). The molecule has 18 heavy (non-hydrogen) atoms. The van der Waals surface area contributed by atoms with Crippen LogP contribution in [0.5, 0.6) is 0 Å². The molecule has 100 valence electrons. The van der Waals surface area contributed by atoms with E-state index in [0.29, 0.717) is 12.1 Å². The normalized spacial score (nSPS) is 13.1. The fourth-order valence-corrected chi connectivity index (χ4v) is 2.78. The molecular formula is C11H15ClN2O3S. The van der Waals surface area contributed by atoms with Crippen molar-refractivity contribution in [1.29, 1.82) is 0 Å². The summed E-state index contributed by atoms with van der Waals surface area (Å²) in [5, 5.41) is -0.139. The van der Waals surface area contributed by atoms with Gasteiger partial charge in [-0.25, -0.2) is 18.1 Å². The van der Waals surface area contributed by atoms with Crippen LogP contribution < -0.4 is 4.72 Å². The average Bonchev–Trinajstić information content (AvgIpc) is 2.26. The van der Waals surface area contributed by atoms with Crippen LogP contribution in [-0.2, 0) is 14.8 Å². The van der Waals surface area contributed by atoms with Crippen LogP contribution in [-0.4, -0.2) is 19.3 Å². The van der Waals surface area contributed by atoms with Crippen molar-refractivity contribution in [1.82, 2.24) is 9.71 Å². The minimum Gasteiger partial charge on any atom is -0.274 e. The Morgan fingerprint density at radius 2 is 2.11 bits per heavy atom. The van der Waals surface area contributed by atoms with Crippen molar-refractivity contribution >= 4 is 27.5 Å². The number of nitrogens with one attached hydrogen (secondary N) is 1. The lowest BCUT2D eigenvalue weighted by Crippen LogP contribution is -2.34. The van der Waals surface area contributed by atoms with Gasteiger partial charge < -0.3 is 0 Å². The van der Waals surface area contributed by atoms with Crippen LogP contribution in [0.4, 0.5) is 0 Å². The van der Waals surface area contributed by atoms with E-state index in [1.807, 2.05) is 4.72 Å². The van der Waals surface area contributed by atoms with Gasteiger partial charge in [-0.05, 0) is 25.5 Å². The molecule has 0 aliphatic heterocycles. The van der Waals surface area contributed by atoms with Gasteiger partial charge in [0.2, 0.25) is 5.91 Å². The molecule has 0 bridgehead atoms. The van der Waals surface area contributed by atoms with Gasteiger partial charge in [-0.3, -0.25) is 4.79 Å². The number of hydrogen-bond donors (Lipinski definition) is 1. The van der Waals surface area contributed by atoms with Crippen LogP contribution in [0.2, 0.25) is 5.15 Å². The van der Waals surface area contributed by atoms with Crippen molar-refractivity contribution in [3.8, 4) is 0 Å². The van der Waals surface area contributed by atoms with Gasteiger partial charge in [-0.15, -0.1) is 0 Å². The Labute approximate surface area is 112 Å². The number of halogens is 1. The van der Waals surface area contributed by atoms with Crippen LogP contribution in [0.15, 0.2) is 17.0 Å². The second kappa shape index (κ2) is 5.67. The topological polar surface area (TPSA) is 76.1 Å². The minimum atomic E-state index is -3.96. The van der Waals surface area contributed by atoms with Gasteiger partial charge >= 0.3 is 0 Å². The van der Waals surface area contributed by atoms with Crippen molar-refractivity contribution in [2.75, 3.05) is 0 Å². The second-order valence-corrected chi connectivity index (χ2v) is 6.03. The van der Waals surface area contributed by atoms with Crippen LogP contribution in [0, 0.1) is 12.8 Å². The molecule has 1 aromatic heterocycles. The predicted molar refractivity (Wildman–Crippen MR) is 68.8 cm³/mol. The number of carbonyl (C=O) groups excluding carboxylic acids is 1. The van der Waals surface area contributed by atoms with Crippen molar-refractivity contribution in [2.45, 2.75) is 32.1 Å². The van der Waals surface area contributed by atoms with Crippen molar-refractivity contribution in [3.05, 3.63) is 23.0 Å². The second-order valence-electron chi connectivity index (χ2n) is 4.02. The lowest BCUT2D eigenvalue weighted by molar-refractivity contribution is -0.122. The summed E-state index contributed by atoms with van der Waals surface area (Å²) in [7, 11) is -3.96. The third kappa shape index (κ3) is 3.43. The van der Waals surface area contributed by atoms with Crippen molar-refractivity contribution < 1.29 is 13.2 Å². The number of aromatic nitrogens is 1. The third-order valence-electron chi connectivity index (χ3n) is 2.54. The molecule has 0 fully saturated rings. The monoisotopic (exact) mass is 290 g/mol. The maximum atomic E-state index is 11.9. The Hall–Kier alpha value is -1.14. The smallest absolute Gasteiger partial charge is 0.267 e. The Morgan fingerprint density at radius 1 is 1.50 bits per heavy atom. The Bertz CT molecular complexity index is 557. The number of aryl methyl sites for hydroxylation is 1. The van der Waals surface area contributed by atoms with Gasteiger partial charge in [0.05, 0.1) is 0 Å². The summed E-state index contributed by atoms with van der Waals surface area (Å²) in [6.07, 6.45) is 0.557. The average molecular weight is 291 g/mol. The van der Waals surface area contributed by atoms with Crippen LogP contribution >= 0.6 is 11.6 Å². The number of nitrogens with zero attached hydrogens (tertiary/aromatic N) is 1. The zero-order valence-electron chi connectivity index (χ0n) is 10.4. The highest BCUT2D eigenvalue weighted by Crippen LogP contribution is 2.19. The lowest BCUT2D eigenvalue weighted by Gasteiger charge is -2.11. The number of carbonyl (C=O) groups is 1. The van der Waals surface area contributed by atoms with Crippen LogP contribution in [0.3, 0.4) is 0 Å². The SMILES string of the molecule is CCC(C)C(=O)NS(=O)(=O)c1ccc(C)nc1Cl. The molecule has 1 atom stereocenters. The standard InChI is InChI=1S/C11H15ClN2O3S/c1-4-7(2)11(15)14-18(16,17)9-6-5-8(3)13-10(9)12/h5-7H,4H2,1-3H3,(H,14,15). The minimum absolute atomic E-state index is 0.139. The summed E-state index contributed by atoms with van der Waals surface area (Å²) >= 11 is 5.77. The summed E-state index contributed by atoms with van der Waals surface area (Å²) in [4.78, 5) is 15.2. The van der Waals surface area contributed by atoms with E-state index in [1.165, 1.54) is 12.1 Å². The molecule has 0 radical (unpaired) electrons. The van der Waals surface area contributed by atoms with E-state index in [9.17, 15) is 13.2 Å². The van der Waals surface area contributed by atoms with E-state index in [-0.39, 0.29) is 16.0 Å². The fraction of sp³-hybridized carbons (Fsp3) is 0.455. The number of pyridine rings is 1. The highest BCUT2D eigenvalue weighted by Gasteiger charge is 2.23. The molecular weight excluding hydrogens is 276 g/mol. The molecule has 1 aromatic rings. The maximum Gasteiger partial charge on any atom is 0.267 e. The first-order valence-electron chi connectivity index (χ1n) is 5.47. The summed E-state index contributed by atoms with van der Waals surface area (Å²) in [6, 6.07) is 2.85. The molecule has 1 amide bonds. The van der Waals surface area contributed by atoms with Gasteiger partial charge in [0.1, 0.15) is 10.0 Å². The highest BCUT2D eigenvalue weighted by atomic mass is 35.5. The Kier molecular flexibility index (Phi) is 4.70. The van der Waals surface area contributed by atoms with E-state index >= 15 is 0 Å². The molecule has 0 aliphatic carbocycles. The summed E-state index contributed by atoms with van der Waals surface area (Å²) < 4.78 is 25.9. The van der Waals surface area contributed by atoms with Crippen molar-refractivity contribution in [2.24, 2.45) is 5.92 Å². The molecule has 0 saturated carbocycles. The third-order valence-corrected chi connectivity index (χ3v) is 4.32. The molecule has 1 unspecified atom stereocenters. The maximum absolute atomic E-state index is 11.9. The molecule has 1 heterocycles. The summed E-state index contributed by atoms with van der Waals surface area (Å²) in [5.41, 5.74) is 0.604. The van der Waals surface area contributed by atoms with Gasteiger partial charge in [-0.2, -0.15) is 0 Å². The largest absolute Gasteiger partial charge is 0.274 e. The number of sulfonamides is 1. The highest BCUT2D eigenvalue weighted by molar-refractivity contribution is 7.90. The summed E-state index contributed by atoms with van der Waals surface area (Å²) in [6.45, 7) is 5.15. The quantitative estimate of drug-likeness (QED) is 0.859. The lowest BCUT2D eigenvalue weighted by atomic mass is 10.1. The van der Waals surface area contributed by atoms with E-state index < -0.39 is 15.9 Å². The molecule has 0 saturated heterocycles. The van der Waals surface area contributed by atoms with Gasteiger partial charge in [-0.1, -0.05) is 25.4 Å². The van der Waals surface area contributed by atoms with E-state index in [0.717, 1.165) is 0 Å². The van der Waals surface area contributed by atoms with Crippen molar-refractivity contribution in [3.63, 3.8) is 0 Å². The molecule has 1 N–H and O–H groups in total. The first-order chi connectivity index (χ1) is 8.27. The van der Waals surface area contributed by atoms with E-state index in [4.69, 9.17) is 11.6 Å². The van der Waals surface area contributed by atoms with Gasteiger partial charge in [0, 0.05) is 11.6 Å². The number of rotatable bonds is 4. The fourth-order valence-electron chi connectivity index (χ4n) is 1.19. The molecule has 5 nitrogen and oxygen atoms in total. The van der Waals surface area contributed by atoms with Crippen LogP contribution in [0.1, 0.15) is 26.0 Å². The van der Waals surface area contributed by atoms with E-state index in [1.54, 1.807) is 20.8 Å².